The van der Waals surface area contributed by atoms with Gasteiger partial charge in [0.25, 0.3) is 11.7 Å². The van der Waals surface area contributed by atoms with Crippen LogP contribution in [0.25, 0.3) is 5.76 Å². The highest BCUT2D eigenvalue weighted by Crippen LogP contribution is 2.44. The van der Waals surface area contributed by atoms with Gasteiger partial charge in [-0.2, -0.15) is 0 Å². The lowest BCUT2D eigenvalue weighted by Crippen LogP contribution is -2.29. The zero-order valence-corrected chi connectivity index (χ0v) is 20.2. The number of rotatable bonds is 5. The first-order valence-electron chi connectivity index (χ1n) is 11.6. The lowest BCUT2D eigenvalue weighted by Gasteiger charge is -2.26. The number of hydrogen-bond donors (Lipinski definition) is 2. The van der Waals surface area contributed by atoms with Crippen molar-refractivity contribution in [3.8, 4) is 17.2 Å². The average molecular weight is 501 g/mol. The van der Waals surface area contributed by atoms with Crippen molar-refractivity contribution in [2.24, 2.45) is 0 Å². The number of benzene rings is 3. The molecule has 0 aromatic heterocycles. The molecule has 2 aliphatic heterocycles. The molecule has 2 N–H and O–H groups in total. The lowest BCUT2D eigenvalue weighted by atomic mass is 9.95. The third kappa shape index (κ3) is 4.47. The van der Waals surface area contributed by atoms with Gasteiger partial charge in [0, 0.05) is 23.9 Å². The fourth-order valence-corrected chi connectivity index (χ4v) is 4.48. The van der Waals surface area contributed by atoms with Crippen LogP contribution in [0.1, 0.15) is 24.1 Å². The summed E-state index contributed by atoms with van der Waals surface area (Å²) in [6.07, 6.45) is 0. The summed E-state index contributed by atoms with van der Waals surface area (Å²) in [5, 5.41) is 14.1. The fraction of sp³-hybridized carbons (Fsp3) is 0.179. The van der Waals surface area contributed by atoms with Crippen LogP contribution in [-0.2, 0) is 14.4 Å². The number of nitrogens with zero attached hydrogens (tertiary/aromatic N) is 1. The lowest BCUT2D eigenvalue weighted by molar-refractivity contribution is -0.132. The highest BCUT2D eigenvalue weighted by Gasteiger charge is 2.47. The molecule has 2 heterocycles. The van der Waals surface area contributed by atoms with Gasteiger partial charge in [-0.05, 0) is 54.1 Å². The van der Waals surface area contributed by atoms with Crippen LogP contribution < -0.4 is 24.4 Å². The maximum atomic E-state index is 13.4. The molecule has 2 aliphatic rings. The summed E-state index contributed by atoms with van der Waals surface area (Å²) in [6, 6.07) is 17.4. The Hall–Kier alpha value is -4.79. The maximum absolute atomic E-state index is 13.4. The van der Waals surface area contributed by atoms with E-state index in [9.17, 15) is 19.5 Å². The Morgan fingerprint density at radius 2 is 1.73 bits per heavy atom. The van der Waals surface area contributed by atoms with Gasteiger partial charge in [0.2, 0.25) is 5.91 Å². The molecule has 9 heteroatoms. The largest absolute Gasteiger partial charge is 0.507 e. The first kappa shape index (κ1) is 23.9. The highest BCUT2D eigenvalue weighted by molar-refractivity contribution is 6.51. The standard InChI is InChI=1S/C28H24N2O7/c1-16(31)29-19-4-3-5-20(15-19)30-25(17-6-9-21(35-2)10-7-17)24(27(33)28(30)34)26(32)18-8-11-22-23(14-18)37-13-12-36-22/h3-11,14-15,25,32H,12-13H2,1-2H3,(H,29,31)/b26-24-. The Labute approximate surface area is 212 Å². The topological polar surface area (TPSA) is 114 Å². The Bertz CT molecular complexity index is 1430. The van der Waals surface area contributed by atoms with Crippen LogP contribution >= 0.6 is 0 Å². The normalized spacial score (nSPS) is 18.0. The van der Waals surface area contributed by atoms with E-state index in [1.54, 1.807) is 66.7 Å². The van der Waals surface area contributed by atoms with Crippen LogP contribution in [0.4, 0.5) is 11.4 Å². The molecule has 0 radical (unpaired) electrons. The van der Waals surface area contributed by atoms with E-state index in [0.717, 1.165) is 0 Å². The monoisotopic (exact) mass is 500 g/mol. The first-order valence-corrected chi connectivity index (χ1v) is 11.6. The summed E-state index contributed by atoms with van der Waals surface area (Å²) in [7, 11) is 1.54. The van der Waals surface area contributed by atoms with E-state index in [0.29, 0.717) is 53.0 Å². The molecule has 3 aromatic rings. The van der Waals surface area contributed by atoms with Gasteiger partial charge in [0.1, 0.15) is 24.7 Å². The zero-order valence-electron chi connectivity index (χ0n) is 20.2. The number of ether oxygens (including phenoxy) is 3. The van der Waals surface area contributed by atoms with Crippen LogP contribution in [0.3, 0.4) is 0 Å². The number of fused-ring (bicyclic) bond motifs is 1. The van der Waals surface area contributed by atoms with Gasteiger partial charge in [0.05, 0.1) is 18.7 Å². The minimum Gasteiger partial charge on any atom is -0.507 e. The molecule has 0 bridgehead atoms. The summed E-state index contributed by atoms with van der Waals surface area (Å²) in [6.45, 7) is 2.15. The van der Waals surface area contributed by atoms with Crippen LogP contribution in [0.15, 0.2) is 72.3 Å². The van der Waals surface area contributed by atoms with E-state index >= 15 is 0 Å². The average Bonchev–Trinajstić information content (AvgIpc) is 3.18. The van der Waals surface area contributed by atoms with Crippen LogP contribution in [0.2, 0.25) is 0 Å². The number of aliphatic hydroxyl groups excluding tert-OH is 1. The third-order valence-electron chi connectivity index (χ3n) is 6.14. The van der Waals surface area contributed by atoms with Gasteiger partial charge >= 0.3 is 0 Å². The Morgan fingerprint density at radius 3 is 2.43 bits per heavy atom. The zero-order chi connectivity index (χ0) is 26.1. The Morgan fingerprint density at radius 1 is 1.00 bits per heavy atom. The van der Waals surface area contributed by atoms with Gasteiger partial charge in [-0.1, -0.05) is 18.2 Å². The number of amides is 2. The van der Waals surface area contributed by atoms with Crippen molar-refractivity contribution in [2.75, 3.05) is 30.5 Å². The second-order valence-corrected chi connectivity index (χ2v) is 8.53. The molecule has 9 nitrogen and oxygen atoms in total. The van der Waals surface area contributed by atoms with Crippen molar-refractivity contribution in [1.82, 2.24) is 0 Å². The molecule has 1 fully saturated rings. The fourth-order valence-electron chi connectivity index (χ4n) is 4.48. The second kappa shape index (κ2) is 9.69. The molecule has 2 amide bonds. The second-order valence-electron chi connectivity index (χ2n) is 8.53. The van der Waals surface area contributed by atoms with Crippen molar-refractivity contribution < 1.29 is 33.7 Å². The summed E-state index contributed by atoms with van der Waals surface area (Å²) in [5.74, 6) is -0.683. The van der Waals surface area contributed by atoms with Gasteiger partial charge < -0.3 is 24.6 Å². The van der Waals surface area contributed by atoms with Crippen LogP contribution in [-0.4, -0.2) is 43.0 Å². The predicted molar refractivity (Wildman–Crippen MR) is 136 cm³/mol. The van der Waals surface area contributed by atoms with Crippen molar-refractivity contribution in [2.45, 2.75) is 13.0 Å². The molecule has 1 unspecified atom stereocenters. The number of anilines is 2. The van der Waals surface area contributed by atoms with Crippen molar-refractivity contribution in [1.29, 1.82) is 0 Å². The Balaban J connectivity index is 1.67. The summed E-state index contributed by atoms with van der Waals surface area (Å²) in [5.41, 5.74) is 1.68. The van der Waals surface area contributed by atoms with Gasteiger partial charge in [-0.15, -0.1) is 0 Å². The molecule has 0 saturated carbocycles. The molecular weight excluding hydrogens is 476 g/mol. The van der Waals surface area contributed by atoms with E-state index in [4.69, 9.17) is 14.2 Å². The number of hydrogen-bond acceptors (Lipinski definition) is 7. The minimum atomic E-state index is -0.938. The first-order chi connectivity index (χ1) is 17.9. The predicted octanol–water partition coefficient (Wildman–Crippen LogP) is 4.05. The van der Waals surface area contributed by atoms with Gasteiger partial charge in [-0.25, -0.2) is 0 Å². The molecule has 1 saturated heterocycles. The molecule has 1 atom stereocenters. The minimum absolute atomic E-state index is 0.0724. The van der Waals surface area contributed by atoms with E-state index < -0.39 is 17.7 Å². The molecule has 0 spiro atoms. The van der Waals surface area contributed by atoms with Crippen molar-refractivity contribution in [3.05, 3.63) is 83.4 Å². The van der Waals surface area contributed by atoms with Crippen molar-refractivity contribution >= 4 is 34.7 Å². The number of ketones is 1. The van der Waals surface area contributed by atoms with E-state index in [1.165, 1.54) is 18.9 Å². The Kier molecular flexibility index (Phi) is 6.27. The molecular formula is C28H24N2O7. The number of carbonyl (C=O) groups is 3. The summed E-state index contributed by atoms with van der Waals surface area (Å²) in [4.78, 5) is 39.7. The number of carbonyl (C=O) groups excluding carboxylic acids is 3. The van der Waals surface area contributed by atoms with Crippen LogP contribution in [0.5, 0.6) is 17.2 Å². The summed E-state index contributed by atoms with van der Waals surface area (Å²) < 4.78 is 16.4. The smallest absolute Gasteiger partial charge is 0.300 e. The number of methoxy groups -OCH3 is 1. The number of aliphatic hydroxyl groups is 1. The third-order valence-corrected chi connectivity index (χ3v) is 6.14. The number of Topliss-reactive ketones (excluding diaryl/α,β-unsaturated/α-hetero) is 1. The molecule has 5 rings (SSSR count). The molecule has 3 aromatic carbocycles. The SMILES string of the molecule is COc1ccc(C2/C(=C(/O)c3ccc4c(c3)OCCO4)C(=O)C(=O)N2c2cccc(NC(C)=O)c2)cc1. The quantitative estimate of drug-likeness (QED) is 0.309. The molecule has 188 valence electrons. The van der Waals surface area contributed by atoms with Crippen LogP contribution in [0, 0.1) is 0 Å². The highest BCUT2D eigenvalue weighted by atomic mass is 16.6. The van der Waals surface area contributed by atoms with E-state index in [2.05, 4.69) is 5.32 Å². The van der Waals surface area contributed by atoms with Crippen molar-refractivity contribution in [3.63, 3.8) is 0 Å². The molecule has 0 aliphatic carbocycles. The molecule has 37 heavy (non-hydrogen) atoms. The number of nitrogens with one attached hydrogen (secondary N) is 1. The van der Waals surface area contributed by atoms with E-state index in [-0.39, 0.29) is 17.2 Å². The van der Waals surface area contributed by atoms with Gasteiger partial charge in [-0.3, -0.25) is 19.3 Å². The summed E-state index contributed by atoms with van der Waals surface area (Å²) >= 11 is 0. The van der Waals surface area contributed by atoms with Gasteiger partial charge in [0.15, 0.2) is 11.5 Å². The maximum Gasteiger partial charge on any atom is 0.300 e. The van der Waals surface area contributed by atoms with E-state index in [1.807, 2.05) is 0 Å².